The predicted octanol–water partition coefficient (Wildman–Crippen LogP) is 2.18. The molecule has 5 nitrogen and oxygen atoms in total. The summed E-state index contributed by atoms with van der Waals surface area (Å²) in [6.07, 6.45) is 0. The Balaban J connectivity index is 2.36. The molecule has 0 radical (unpaired) electrons. The normalized spacial score (nSPS) is 12.7. The van der Waals surface area contributed by atoms with Crippen molar-refractivity contribution in [2.75, 3.05) is 11.9 Å². The van der Waals surface area contributed by atoms with Gasteiger partial charge in [-0.15, -0.1) is 0 Å². The number of benzene rings is 2. The highest BCUT2D eigenvalue weighted by atomic mass is 16.4. The van der Waals surface area contributed by atoms with Gasteiger partial charge in [0.25, 0.3) is 0 Å². The van der Waals surface area contributed by atoms with Crippen molar-refractivity contribution in [2.24, 2.45) is 10.9 Å². The molecule has 2 aromatic carbocycles. The molecule has 5 heteroatoms. The summed E-state index contributed by atoms with van der Waals surface area (Å²) >= 11 is 0. The smallest absolute Gasteiger partial charge is 0.242 e. The molecule has 0 aromatic heterocycles. The van der Waals surface area contributed by atoms with Crippen LogP contribution < -0.4 is 10.6 Å². The summed E-state index contributed by atoms with van der Waals surface area (Å²) in [4.78, 5) is 14.2. The maximum Gasteiger partial charge on any atom is 0.242 e. The van der Waals surface area contributed by atoms with Gasteiger partial charge in [-0.05, 0) is 17.7 Å². The average molecular weight is 283 g/mol. The highest BCUT2D eigenvalue weighted by Crippen LogP contribution is 2.22. The standard InChI is InChI=1S/C16H17N3O2/c1-19(13-10-6-3-7-11-13)16(20)14(15(17)18-21)12-8-4-2-5-9-12/h2-11,14,21H,1H3,(H2,17,18). The van der Waals surface area contributed by atoms with Crippen LogP contribution in [0.1, 0.15) is 11.5 Å². The van der Waals surface area contributed by atoms with Gasteiger partial charge in [-0.25, -0.2) is 0 Å². The lowest BCUT2D eigenvalue weighted by molar-refractivity contribution is -0.118. The number of anilines is 1. The molecule has 0 aliphatic heterocycles. The van der Waals surface area contributed by atoms with Crippen LogP contribution in [-0.4, -0.2) is 24.0 Å². The molecule has 0 aliphatic carbocycles. The fourth-order valence-electron chi connectivity index (χ4n) is 2.12. The number of likely N-dealkylation sites (N-methyl/N-ethyl adjacent to an activating group) is 1. The Morgan fingerprint density at radius 1 is 1.10 bits per heavy atom. The molecule has 3 N–H and O–H groups in total. The second kappa shape index (κ2) is 6.56. The Morgan fingerprint density at radius 3 is 2.14 bits per heavy atom. The molecular weight excluding hydrogens is 266 g/mol. The molecule has 0 heterocycles. The number of hydrogen-bond donors (Lipinski definition) is 2. The van der Waals surface area contributed by atoms with Crippen molar-refractivity contribution < 1.29 is 10.0 Å². The summed E-state index contributed by atoms with van der Waals surface area (Å²) in [5.41, 5.74) is 7.14. The summed E-state index contributed by atoms with van der Waals surface area (Å²) in [6.45, 7) is 0. The van der Waals surface area contributed by atoms with Crippen LogP contribution in [0.15, 0.2) is 65.8 Å². The number of nitrogens with zero attached hydrogens (tertiary/aromatic N) is 2. The van der Waals surface area contributed by atoms with Gasteiger partial charge in [-0.3, -0.25) is 4.79 Å². The summed E-state index contributed by atoms with van der Waals surface area (Å²) in [7, 11) is 1.66. The van der Waals surface area contributed by atoms with Gasteiger partial charge in [-0.2, -0.15) is 0 Å². The Labute approximate surface area is 123 Å². The maximum atomic E-state index is 12.7. The summed E-state index contributed by atoms with van der Waals surface area (Å²) < 4.78 is 0. The summed E-state index contributed by atoms with van der Waals surface area (Å²) in [5, 5.41) is 12.0. The highest BCUT2D eigenvalue weighted by molar-refractivity contribution is 6.13. The van der Waals surface area contributed by atoms with Crippen molar-refractivity contribution in [3.8, 4) is 0 Å². The van der Waals surface area contributed by atoms with E-state index in [9.17, 15) is 4.79 Å². The van der Waals surface area contributed by atoms with E-state index in [4.69, 9.17) is 10.9 Å². The molecule has 2 aromatic rings. The lowest BCUT2D eigenvalue weighted by Gasteiger charge is -2.23. The van der Waals surface area contributed by atoms with Gasteiger partial charge in [0.15, 0.2) is 5.84 Å². The first-order valence-electron chi connectivity index (χ1n) is 6.50. The minimum atomic E-state index is -0.818. The Kier molecular flexibility index (Phi) is 4.56. The van der Waals surface area contributed by atoms with Crippen molar-refractivity contribution in [2.45, 2.75) is 5.92 Å². The Bertz CT molecular complexity index is 626. The molecule has 0 aliphatic rings. The second-order valence-electron chi connectivity index (χ2n) is 4.60. The average Bonchev–Trinajstić information content (AvgIpc) is 2.55. The van der Waals surface area contributed by atoms with E-state index in [-0.39, 0.29) is 11.7 Å². The van der Waals surface area contributed by atoms with Crippen molar-refractivity contribution in [1.82, 2.24) is 0 Å². The van der Waals surface area contributed by atoms with E-state index >= 15 is 0 Å². The Hall–Kier alpha value is -2.82. The lowest BCUT2D eigenvalue weighted by Crippen LogP contribution is -2.38. The summed E-state index contributed by atoms with van der Waals surface area (Å²) in [5.74, 6) is -1.21. The molecule has 0 fully saturated rings. The summed E-state index contributed by atoms with van der Waals surface area (Å²) in [6, 6.07) is 18.2. The minimum absolute atomic E-state index is 0.131. The van der Waals surface area contributed by atoms with Crippen molar-refractivity contribution >= 4 is 17.4 Å². The first-order valence-corrected chi connectivity index (χ1v) is 6.50. The van der Waals surface area contributed by atoms with E-state index in [1.54, 1.807) is 19.2 Å². The van der Waals surface area contributed by atoms with Crippen LogP contribution in [0.2, 0.25) is 0 Å². The van der Waals surface area contributed by atoms with Gasteiger partial charge in [0.2, 0.25) is 5.91 Å². The number of rotatable bonds is 4. The van der Waals surface area contributed by atoms with Gasteiger partial charge < -0.3 is 15.8 Å². The molecule has 0 saturated carbocycles. The third kappa shape index (κ3) is 3.20. The van der Waals surface area contributed by atoms with E-state index in [1.165, 1.54) is 4.90 Å². The van der Waals surface area contributed by atoms with Crippen LogP contribution in [0.3, 0.4) is 0 Å². The molecule has 0 bridgehead atoms. The molecule has 1 atom stereocenters. The van der Waals surface area contributed by atoms with E-state index in [0.29, 0.717) is 5.56 Å². The molecule has 21 heavy (non-hydrogen) atoms. The van der Waals surface area contributed by atoms with Crippen LogP contribution in [0, 0.1) is 0 Å². The fraction of sp³-hybridized carbons (Fsp3) is 0.125. The zero-order chi connectivity index (χ0) is 15.2. The number of hydrogen-bond acceptors (Lipinski definition) is 3. The van der Waals surface area contributed by atoms with Gasteiger partial charge >= 0.3 is 0 Å². The van der Waals surface area contributed by atoms with Crippen molar-refractivity contribution in [1.29, 1.82) is 0 Å². The lowest BCUT2D eigenvalue weighted by atomic mass is 9.96. The number of nitrogens with two attached hydrogens (primary N) is 1. The van der Waals surface area contributed by atoms with Crippen molar-refractivity contribution in [3.63, 3.8) is 0 Å². The Morgan fingerprint density at radius 2 is 1.62 bits per heavy atom. The largest absolute Gasteiger partial charge is 0.409 e. The number of amides is 1. The highest BCUT2D eigenvalue weighted by Gasteiger charge is 2.28. The van der Waals surface area contributed by atoms with E-state index in [2.05, 4.69) is 5.16 Å². The van der Waals surface area contributed by atoms with Crippen LogP contribution in [0.5, 0.6) is 0 Å². The number of carbonyl (C=O) groups excluding carboxylic acids is 1. The SMILES string of the molecule is CN(C(=O)C(C(N)=NO)c1ccccc1)c1ccccc1. The first kappa shape index (κ1) is 14.6. The van der Waals surface area contributed by atoms with E-state index in [0.717, 1.165) is 5.69 Å². The fourth-order valence-corrected chi connectivity index (χ4v) is 2.12. The molecular formula is C16H17N3O2. The number of carbonyl (C=O) groups is 1. The third-order valence-electron chi connectivity index (χ3n) is 3.27. The molecule has 108 valence electrons. The van der Waals surface area contributed by atoms with Crippen LogP contribution in [0.4, 0.5) is 5.69 Å². The van der Waals surface area contributed by atoms with Gasteiger partial charge in [0.1, 0.15) is 5.92 Å². The predicted molar refractivity (Wildman–Crippen MR) is 82.4 cm³/mol. The topological polar surface area (TPSA) is 78.9 Å². The van der Waals surface area contributed by atoms with E-state index < -0.39 is 5.92 Å². The second-order valence-corrected chi connectivity index (χ2v) is 4.60. The molecule has 1 amide bonds. The number of para-hydroxylation sites is 1. The van der Waals surface area contributed by atoms with Gasteiger partial charge in [0.05, 0.1) is 0 Å². The van der Waals surface area contributed by atoms with E-state index in [1.807, 2.05) is 48.5 Å². The van der Waals surface area contributed by atoms with Crippen LogP contribution in [-0.2, 0) is 4.79 Å². The molecule has 0 spiro atoms. The minimum Gasteiger partial charge on any atom is -0.409 e. The first-order chi connectivity index (χ1) is 10.1. The zero-order valence-electron chi connectivity index (χ0n) is 11.7. The maximum absolute atomic E-state index is 12.7. The number of oxime groups is 1. The zero-order valence-corrected chi connectivity index (χ0v) is 11.7. The monoisotopic (exact) mass is 283 g/mol. The molecule has 1 unspecified atom stereocenters. The van der Waals surface area contributed by atoms with Gasteiger partial charge in [-0.1, -0.05) is 53.7 Å². The van der Waals surface area contributed by atoms with Crippen LogP contribution >= 0.6 is 0 Å². The van der Waals surface area contributed by atoms with Crippen molar-refractivity contribution in [3.05, 3.63) is 66.2 Å². The number of amidine groups is 1. The van der Waals surface area contributed by atoms with Crippen LogP contribution in [0.25, 0.3) is 0 Å². The molecule has 0 saturated heterocycles. The van der Waals surface area contributed by atoms with Gasteiger partial charge in [0, 0.05) is 12.7 Å². The third-order valence-corrected chi connectivity index (χ3v) is 3.27. The molecule has 2 rings (SSSR count). The quantitative estimate of drug-likeness (QED) is 0.390.